The Labute approximate surface area is 223 Å². The summed E-state index contributed by atoms with van der Waals surface area (Å²) in [6, 6.07) is 8.33. The molecule has 1 heterocycles. The van der Waals surface area contributed by atoms with Crippen LogP contribution in [0.5, 0.6) is 11.5 Å². The molecule has 0 radical (unpaired) electrons. The zero-order chi connectivity index (χ0) is 28.5. The number of carboxylic acid groups (broad SMARTS) is 2. The fourth-order valence-corrected chi connectivity index (χ4v) is 4.13. The average Bonchev–Trinajstić information content (AvgIpc) is 3.15. The number of aromatic hydroxyl groups is 2. The normalized spacial score (nSPS) is 16.3. The number of urea groups is 2. The number of carbonyl (C=O) groups excluding carboxylic acids is 3. The first kappa shape index (κ1) is 28.8. The molecule has 13 heteroatoms. The second-order valence-electron chi connectivity index (χ2n) is 9.09. The molecular formula is C26H30N4O9. The Morgan fingerprint density at radius 1 is 0.897 bits per heavy atom. The molecule has 3 atom stereocenters. The number of carboxylic acids is 2. The highest BCUT2D eigenvalue weighted by molar-refractivity contribution is 6.04. The quantitative estimate of drug-likeness (QED) is 0.144. The molecule has 1 aliphatic rings. The number of imide groups is 1. The van der Waals surface area contributed by atoms with E-state index < -0.39 is 47.9 Å². The predicted molar refractivity (Wildman–Crippen MR) is 136 cm³/mol. The molecule has 0 spiro atoms. The van der Waals surface area contributed by atoms with Crippen LogP contribution in [0, 0.1) is 0 Å². The van der Waals surface area contributed by atoms with Gasteiger partial charge in [-0.1, -0.05) is 24.3 Å². The fraction of sp³-hybridized carbons (Fsp3) is 0.346. The molecule has 1 aliphatic heterocycles. The minimum atomic E-state index is -1.29. The number of unbranched alkanes of at least 4 members (excludes halogenated alkanes) is 1. The minimum absolute atomic E-state index is 0.0175. The van der Waals surface area contributed by atoms with Gasteiger partial charge in [0.25, 0.3) is 5.91 Å². The molecule has 1 fully saturated rings. The summed E-state index contributed by atoms with van der Waals surface area (Å²) in [5.41, 5.74) is 1.11. The molecule has 3 unspecified atom stereocenters. The van der Waals surface area contributed by atoms with Crippen LogP contribution < -0.4 is 16.0 Å². The van der Waals surface area contributed by atoms with E-state index in [-0.39, 0.29) is 43.9 Å². The zero-order valence-electron chi connectivity index (χ0n) is 20.9. The van der Waals surface area contributed by atoms with Crippen molar-refractivity contribution in [3.63, 3.8) is 0 Å². The van der Waals surface area contributed by atoms with E-state index in [0.717, 1.165) is 10.5 Å². The number of rotatable bonds is 13. The Morgan fingerprint density at radius 3 is 2.10 bits per heavy atom. The SMILES string of the molecule is O=C(NCC(C(=O)O)c1ccc(O)cc1)NC(CCCCN1C(=O)NC(Cc2ccc(O)cc2)C1=O)C(=O)O. The Morgan fingerprint density at radius 2 is 1.51 bits per heavy atom. The number of hydrogen-bond donors (Lipinski definition) is 7. The minimum Gasteiger partial charge on any atom is -0.508 e. The third-order valence-electron chi connectivity index (χ3n) is 6.27. The molecule has 1 saturated heterocycles. The summed E-state index contributed by atoms with van der Waals surface area (Å²) in [6.45, 7) is -0.238. The van der Waals surface area contributed by atoms with Gasteiger partial charge in [0.2, 0.25) is 0 Å². The van der Waals surface area contributed by atoms with Crippen LogP contribution in [-0.4, -0.2) is 80.4 Å². The number of hydrogen-bond acceptors (Lipinski definition) is 7. The van der Waals surface area contributed by atoms with Crippen LogP contribution in [0.1, 0.15) is 36.3 Å². The van der Waals surface area contributed by atoms with Gasteiger partial charge >= 0.3 is 24.0 Å². The number of benzene rings is 2. The summed E-state index contributed by atoms with van der Waals surface area (Å²) < 4.78 is 0. The summed E-state index contributed by atoms with van der Waals surface area (Å²) in [5.74, 6) is -3.96. The lowest BCUT2D eigenvalue weighted by molar-refractivity contribution is -0.140. The number of phenolic OH excluding ortho intramolecular Hbond substituents is 2. The lowest BCUT2D eigenvalue weighted by Crippen LogP contribution is -2.47. The summed E-state index contributed by atoms with van der Waals surface area (Å²) in [5, 5.41) is 44.9. The maximum atomic E-state index is 12.6. The number of nitrogens with one attached hydrogen (secondary N) is 3. The molecule has 0 bridgehead atoms. The van der Waals surface area contributed by atoms with Crippen LogP contribution in [0.4, 0.5) is 9.59 Å². The standard InChI is InChI=1S/C26H30N4O9/c31-17-8-4-15(5-9-17)13-21-22(33)30(26(39)29-21)12-2-1-3-20(24(36)37)28-25(38)27-14-19(23(34)35)16-6-10-18(32)11-7-16/h4-11,19-21,31-32H,1-3,12-14H2,(H,29,39)(H,34,35)(H,36,37)(H2,27,28,38). The van der Waals surface area contributed by atoms with Crippen LogP contribution in [0.25, 0.3) is 0 Å². The van der Waals surface area contributed by atoms with Crippen molar-refractivity contribution in [1.82, 2.24) is 20.9 Å². The Bertz CT molecular complexity index is 1200. The van der Waals surface area contributed by atoms with Crippen LogP contribution in [0.15, 0.2) is 48.5 Å². The molecule has 0 saturated carbocycles. The van der Waals surface area contributed by atoms with Crippen LogP contribution >= 0.6 is 0 Å². The molecule has 0 aromatic heterocycles. The maximum absolute atomic E-state index is 12.6. The average molecular weight is 543 g/mol. The summed E-state index contributed by atoms with van der Waals surface area (Å²) in [6.07, 6.45) is 0.864. The van der Waals surface area contributed by atoms with Gasteiger partial charge in [0, 0.05) is 19.5 Å². The highest BCUT2D eigenvalue weighted by Gasteiger charge is 2.37. The lowest BCUT2D eigenvalue weighted by Gasteiger charge is -2.18. The molecule has 208 valence electrons. The number of phenols is 2. The second-order valence-corrected chi connectivity index (χ2v) is 9.09. The molecule has 2 aromatic rings. The van der Waals surface area contributed by atoms with Gasteiger partial charge in [0.15, 0.2) is 0 Å². The van der Waals surface area contributed by atoms with Gasteiger partial charge in [0.05, 0.1) is 5.92 Å². The summed E-state index contributed by atoms with van der Waals surface area (Å²) in [4.78, 5) is 61.4. The third-order valence-corrected chi connectivity index (χ3v) is 6.27. The van der Waals surface area contributed by atoms with Crippen LogP contribution in [0.2, 0.25) is 0 Å². The first-order valence-corrected chi connectivity index (χ1v) is 12.2. The number of carbonyl (C=O) groups is 5. The van der Waals surface area contributed by atoms with Crippen molar-refractivity contribution in [1.29, 1.82) is 0 Å². The van der Waals surface area contributed by atoms with Crippen molar-refractivity contribution in [2.45, 2.75) is 43.7 Å². The van der Waals surface area contributed by atoms with Crippen molar-refractivity contribution < 1.29 is 44.4 Å². The molecule has 13 nitrogen and oxygen atoms in total. The van der Waals surface area contributed by atoms with Crippen molar-refractivity contribution >= 4 is 29.9 Å². The van der Waals surface area contributed by atoms with Crippen molar-refractivity contribution in [3.8, 4) is 11.5 Å². The predicted octanol–water partition coefficient (Wildman–Crippen LogP) is 1.35. The number of amides is 5. The van der Waals surface area contributed by atoms with Gasteiger partial charge in [-0.15, -0.1) is 0 Å². The largest absolute Gasteiger partial charge is 0.508 e. The molecule has 5 amide bonds. The van der Waals surface area contributed by atoms with Gasteiger partial charge in [-0.2, -0.15) is 0 Å². The molecule has 7 N–H and O–H groups in total. The van der Waals surface area contributed by atoms with Crippen LogP contribution in [-0.2, 0) is 20.8 Å². The van der Waals surface area contributed by atoms with E-state index in [9.17, 15) is 44.4 Å². The number of aliphatic carboxylic acids is 2. The summed E-state index contributed by atoms with van der Waals surface area (Å²) in [7, 11) is 0. The lowest BCUT2D eigenvalue weighted by atomic mass is 9.99. The van der Waals surface area contributed by atoms with Crippen molar-refractivity contribution in [2.24, 2.45) is 0 Å². The third kappa shape index (κ3) is 8.09. The molecule has 2 aromatic carbocycles. The highest BCUT2D eigenvalue weighted by atomic mass is 16.4. The van der Waals surface area contributed by atoms with Crippen molar-refractivity contribution in [2.75, 3.05) is 13.1 Å². The smallest absolute Gasteiger partial charge is 0.326 e. The molecular weight excluding hydrogens is 512 g/mol. The van der Waals surface area contributed by atoms with E-state index in [4.69, 9.17) is 0 Å². The van der Waals surface area contributed by atoms with Gasteiger partial charge in [-0.3, -0.25) is 14.5 Å². The second kappa shape index (κ2) is 13.1. The molecule has 39 heavy (non-hydrogen) atoms. The topological polar surface area (TPSA) is 206 Å². The van der Waals surface area contributed by atoms with E-state index in [1.54, 1.807) is 12.1 Å². The van der Waals surface area contributed by atoms with Gasteiger partial charge < -0.3 is 36.4 Å². The van der Waals surface area contributed by atoms with Gasteiger partial charge in [0.1, 0.15) is 23.6 Å². The monoisotopic (exact) mass is 542 g/mol. The highest BCUT2D eigenvalue weighted by Crippen LogP contribution is 2.19. The Balaban J connectivity index is 1.44. The summed E-state index contributed by atoms with van der Waals surface area (Å²) >= 11 is 0. The van der Waals surface area contributed by atoms with E-state index in [1.165, 1.54) is 36.4 Å². The first-order valence-electron chi connectivity index (χ1n) is 12.2. The van der Waals surface area contributed by atoms with E-state index in [0.29, 0.717) is 12.0 Å². The zero-order valence-corrected chi connectivity index (χ0v) is 20.9. The molecule has 0 aliphatic carbocycles. The van der Waals surface area contributed by atoms with E-state index in [2.05, 4.69) is 16.0 Å². The van der Waals surface area contributed by atoms with Gasteiger partial charge in [-0.25, -0.2) is 14.4 Å². The molecule has 3 rings (SSSR count). The first-order chi connectivity index (χ1) is 18.5. The Kier molecular flexibility index (Phi) is 9.68. The van der Waals surface area contributed by atoms with E-state index >= 15 is 0 Å². The maximum Gasteiger partial charge on any atom is 0.326 e. The van der Waals surface area contributed by atoms with E-state index in [1.807, 2.05) is 0 Å². The number of nitrogens with zero attached hydrogens (tertiary/aromatic N) is 1. The van der Waals surface area contributed by atoms with Crippen molar-refractivity contribution in [3.05, 3.63) is 59.7 Å². The fourth-order valence-electron chi connectivity index (χ4n) is 4.13. The Hall–Kier alpha value is -4.81. The van der Waals surface area contributed by atoms with Crippen LogP contribution in [0.3, 0.4) is 0 Å². The van der Waals surface area contributed by atoms with Gasteiger partial charge in [-0.05, 0) is 54.7 Å².